The molecule has 13 heteroatoms. The lowest BCUT2D eigenvalue weighted by atomic mass is 10.1. The van der Waals surface area contributed by atoms with Crippen LogP contribution in [-0.2, 0) is 25.0 Å². The third-order valence-electron chi connectivity index (χ3n) is 5.17. The molecule has 3 aromatic rings. The van der Waals surface area contributed by atoms with E-state index in [2.05, 4.69) is 10.1 Å². The van der Waals surface area contributed by atoms with Gasteiger partial charge < -0.3 is 34.5 Å². The summed E-state index contributed by atoms with van der Waals surface area (Å²) in [5.74, 6) is -0.651. The summed E-state index contributed by atoms with van der Waals surface area (Å²) < 4.78 is 37.0. The molecule has 2 heterocycles. The molecule has 0 aliphatic carbocycles. The van der Waals surface area contributed by atoms with Gasteiger partial charge in [-0.1, -0.05) is 48.5 Å². The van der Waals surface area contributed by atoms with Crippen molar-refractivity contribution in [1.29, 1.82) is 0 Å². The number of ether oxygens (including phenoxy) is 2. The number of aliphatic hydroxyl groups excluding tert-OH is 2. The lowest BCUT2D eigenvalue weighted by Crippen LogP contribution is -2.34. The molecular formula is C22H25N4O8P. The summed E-state index contributed by atoms with van der Waals surface area (Å²) in [5.41, 5.74) is 5.92. The number of nitrogens with zero attached hydrogens (tertiary/aromatic N) is 3. The molecule has 0 spiro atoms. The zero-order valence-corrected chi connectivity index (χ0v) is 19.4. The summed E-state index contributed by atoms with van der Waals surface area (Å²) in [6, 6.07) is 17.9. The molecule has 0 bridgehead atoms. The normalized spacial score (nSPS) is 23.6. The zero-order valence-electron chi connectivity index (χ0n) is 18.5. The summed E-state index contributed by atoms with van der Waals surface area (Å²) in [6.07, 6.45) is -4.31. The molecule has 1 fully saturated rings. The Hall–Kier alpha value is -3.12. The number of amides is 1. The smallest absolute Gasteiger partial charge is 0.368 e. The van der Waals surface area contributed by atoms with Crippen LogP contribution in [0.2, 0.25) is 0 Å². The lowest BCUT2D eigenvalue weighted by Gasteiger charge is -2.22. The molecule has 35 heavy (non-hydrogen) atoms. The van der Waals surface area contributed by atoms with Gasteiger partial charge in [-0.05, 0) is 17.7 Å². The van der Waals surface area contributed by atoms with E-state index in [1.165, 1.54) is 0 Å². The first-order chi connectivity index (χ1) is 16.8. The van der Waals surface area contributed by atoms with E-state index in [1.54, 1.807) is 24.3 Å². The second-order valence-electron chi connectivity index (χ2n) is 7.71. The summed E-state index contributed by atoms with van der Waals surface area (Å²) in [7, 11) is -3.84. The number of carbonyl (C=O) groups excluding carboxylic acids is 1. The molecule has 1 aliphatic heterocycles. The zero-order chi connectivity index (χ0) is 24.8. The average molecular weight is 504 g/mol. The quantitative estimate of drug-likeness (QED) is 0.325. The number of aliphatic hydroxyl groups is 2. The molecule has 1 aromatic heterocycles. The van der Waals surface area contributed by atoms with Gasteiger partial charge in [-0.2, -0.15) is 0 Å². The van der Waals surface area contributed by atoms with Crippen LogP contribution in [0.25, 0.3) is 0 Å². The van der Waals surface area contributed by atoms with Crippen LogP contribution >= 0.6 is 7.60 Å². The van der Waals surface area contributed by atoms with Gasteiger partial charge >= 0.3 is 7.60 Å². The van der Waals surface area contributed by atoms with E-state index >= 15 is 0 Å². The van der Waals surface area contributed by atoms with Crippen LogP contribution in [-0.4, -0.2) is 62.2 Å². The minimum Gasteiger partial charge on any atom is -0.481 e. The Balaban J connectivity index is 1.42. The standard InChI is InChI=1S/C22H25N4O8P/c23-20(29)21-24-13-26(25-21)22-19(28)18(27)17(34-22)12-33-35(30,14-31-16-9-5-2-6-10-16)32-11-15-7-3-1-4-8-15/h1-10,13,17-19,22,27-28H,11-12,14H2,(H2,23,29)/t17?,18?,19-,22?,35?/m1/s1. The molecule has 1 aliphatic rings. The number of benzene rings is 2. The van der Waals surface area contributed by atoms with E-state index in [9.17, 15) is 19.6 Å². The highest BCUT2D eigenvalue weighted by Gasteiger charge is 2.45. The Labute approximate surface area is 200 Å². The van der Waals surface area contributed by atoms with Crippen LogP contribution < -0.4 is 10.5 Å². The number of aromatic nitrogens is 3. The minimum absolute atomic E-state index is 0.00441. The van der Waals surface area contributed by atoms with Gasteiger partial charge in [0.2, 0.25) is 5.82 Å². The maximum atomic E-state index is 13.5. The molecule has 4 N–H and O–H groups in total. The van der Waals surface area contributed by atoms with Gasteiger partial charge in [0.1, 0.15) is 30.4 Å². The third kappa shape index (κ3) is 6.31. The number of hydrogen-bond donors (Lipinski definition) is 3. The van der Waals surface area contributed by atoms with Crippen molar-refractivity contribution < 1.29 is 38.1 Å². The molecule has 4 rings (SSSR count). The van der Waals surface area contributed by atoms with Crippen LogP contribution in [0.3, 0.4) is 0 Å². The Kier molecular flexibility index (Phi) is 7.91. The average Bonchev–Trinajstić information content (AvgIpc) is 3.47. The molecule has 0 radical (unpaired) electrons. The maximum Gasteiger partial charge on any atom is 0.368 e. The van der Waals surface area contributed by atoms with Crippen molar-refractivity contribution in [3.05, 3.63) is 78.4 Å². The first-order valence-electron chi connectivity index (χ1n) is 10.7. The van der Waals surface area contributed by atoms with Crippen molar-refractivity contribution in [2.24, 2.45) is 5.73 Å². The second kappa shape index (κ2) is 11.1. The maximum absolute atomic E-state index is 13.5. The molecular weight excluding hydrogens is 479 g/mol. The summed E-state index contributed by atoms with van der Waals surface area (Å²) in [5, 5.41) is 24.7. The SMILES string of the molecule is NC(=O)c1ncn(C2OC(COP(=O)(COc3ccccc3)OCc3ccccc3)C(O)[C@H]2O)n1. The van der Waals surface area contributed by atoms with Crippen LogP contribution in [0, 0.1) is 0 Å². The number of carbonyl (C=O) groups is 1. The van der Waals surface area contributed by atoms with Gasteiger partial charge in [0.15, 0.2) is 12.6 Å². The molecule has 5 atom stereocenters. The highest BCUT2D eigenvalue weighted by molar-refractivity contribution is 7.53. The van der Waals surface area contributed by atoms with Gasteiger partial charge in [-0.3, -0.25) is 9.36 Å². The molecule has 4 unspecified atom stereocenters. The molecule has 1 saturated heterocycles. The Bertz CT molecular complexity index is 1120. The first kappa shape index (κ1) is 25.0. The van der Waals surface area contributed by atoms with Gasteiger partial charge in [0.25, 0.3) is 5.91 Å². The van der Waals surface area contributed by atoms with Gasteiger partial charge in [0, 0.05) is 0 Å². The van der Waals surface area contributed by atoms with Crippen molar-refractivity contribution in [2.45, 2.75) is 31.1 Å². The fourth-order valence-corrected chi connectivity index (χ4v) is 4.56. The predicted octanol–water partition coefficient (Wildman–Crippen LogP) is 1.46. The van der Waals surface area contributed by atoms with Crippen molar-refractivity contribution in [2.75, 3.05) is 13.0 Å². The Morgan fingerprint density at radius 3 is 2.40 bits per heavy atom. The number of primary amides is 1. The van der Waals surface area contributed by atoms with Gasteiger partial charge in [0.05, 0.1) is 13.2 Å². The monoisotopic (exact) mass is 504 g/mol. The fourth-order valence-electron chi connectivity index (χ4n) is 3.31. The topological polar surface area (TPSA) is 168 Å². The number of hydrogen-bond acceptors (Lipinski definition) is 10. The van der Waals surface area contributed by atoms with E-state index in [1.807, 2.05) is 36.4 Å². The molecule has 2 aromatic carbocycles. The van der Waals surface area contributed by atoms with E-state index in [-0.39, 0.29) is 25.4 Å². The third-order valence-corrected chi connectivity index (χ3v) is 6.68. The number of nitrogens with two attached hydrogens (primary N) is 1. The van der Waals surface area contributed by atoms with Crippen molar-refractivity contribution in [3.8, 4) is 5.75 Å². The van der Waals surface area contributed by atoms with Crippen LogP contribution in [0.5, 0.6) is 5.75 Å². The largest absolute Gasteiger partial charge is 0.481 e. The second-order valence-corrected chi connectivity index (χ2v) is 9.71. The summed E-state index contributed by atoms with van der Waals surface area (Å²) >= 11 is 0. The Morgan fingerprint density at radius 1 is 1.06 bits per heavy atom. The van der Waals surface area contributed by atoms with Crippen molar-refractivity contribution in [3.63, 3.8) is 0 Å². The summed E-state index contributed by atoms with van der Waals surface area (Å²) in [4.78, 5) is 15.0. The van der Waals surface area contributed by atoms with Crippen LogP contribution in [0.15, 0.2) is 67.0 Å². The lowest BCUT2D eigenvalue weighted by molar-refractivity contribution is -0.0574. The van der Waals surface area contributed by atoms with Crippen LogP contribution in [0.4, 0.5) is 0 Å². The van der Waals surface area contributed by atoms with Crippen molar-refractivity contribution >= 4 is 13.5 Å². The van der Waals surface area contributed by atoms with E-state index in [0.717, 1.165) is 16.6 Å². The highest BCUT2D eigenvalue weighted by atomic mass is 31.2. The molecule has 1 amide bonds. The van der Waals surface area contributed by atoms with E-state index in [0.29, 0.717) is 5.75 Å². The van der Waals surface area contributed by atoms with Crippen molar-refractivity contribution in [1.82, 2.24) is 14.8 Å². The molecule has 12 nitrogen and oxygen atoms in total. The van der Waals surface area contributed by atoms with Crippen LogP contribution in [0.1, 0.15) is 22.4 Å². The summed E-state index contributed by atoms with van der Waals surface area (Å²) in [6.45, 7) is -0.374. The highest BCUT2D eigenvalue weighted by Crippen LogP contribution is 2.49. The first-order valence-corrected chi connectivity index (χ1v) is 12.4. The fraction of sp³-hybridized carbons (Fsp3) is 0.318. The van der Waals surface area contributed by atoms with Gasteiger partial charge in [-0.15, -0.1) is 5.10 Å². The minimum atomic E-state index is -3.84. The number of rotatable bonds is 11. The molecule has 186 valence electrons. The predicted molar refractivity (Wildman–Crippen MR) is 121 cm³/mol. The van der Waals surface area contributed by atoms with E-state index in [4.69, 9.17) is 24.3 Å². The number of para-hydroxylation sites is 1. The Morgan fingerprint density at radius 2 is 1.74 bits per heavy atom. The van der Waals surface area contributed by atoms with E-state index < -0.39 is 38.0 Å². The molecule has 0 saturated carbocycles. The van der Waals surface area contributed by atoms with Gasteiger partial charge in [-0.25, -0.2) is 9.67 Å².